The van der Waals surface area contributed by atoms with Gasteiger partial charge in [-0.05, 0) is 61.8 Å². The average molecular weight is 461 g/mol. The number of carbonyl (C=O) groups is 3. The maximum Gasteiger partial charge on any atom is 0.355 e. The number of hydrogen-bond donors (Lipinski definition) is 2. The third kappa shape index (κ3) is 4.99. The predicted octanol–water partition coefficient (Wildman–Crippen LogP) is 4.25. The molecule has 2 aromatic heterocycles. The molecule has 0 aliphatic heterocycles. The summed E-state index contributed by atoms with van der Waals surface area (Å²) in [6, 6.07) is 0. The van der Waals surface area contributed by atoms with Gasteiger partial charge in [0.15, 0.2) is 0 Å². The number of aromatic amines is 2. The fourth-order valence-electron chi connectivity index (χ4n) is 4.53. The molecule has 0 saturated carbocycles. The Balaban J connectivity index is 2.83. The number of esters is 3. The molecule has 0 fully saturated rings. The fraction of sp³-hybridized carbons (Fsp3) is 0.560. The molecule has 0 saturated heterocycles. The van der Waals surface area contributed by atoms with E-state index in [9.17, 15) is 14.4 Å². The summed E-state index contributed by atoms with van der Waals surface area (Å²) in [6.07, 6.45) is 2.41. The number of methoxy groups -OCH3 is 1. The molecule has 0 amide bonds. The van der Waals surface area contributed by atoms with Crippen LogP contribution in [0.4, 0.5) is 0 Å². The van der Waals surface area contributed by atoms with Gasteiger partial charge in [0.25, 0.3) is 0 Å². The first-order valence-electron chi connectivity index (χ1n) is 11.7. The second-order valence-electron chi connectivity index (χ2n) is 7.55. The first-order chi connectivity index (χ1) is 15.8. The highest BCUT2D eigenvalue weighted by molar-refractivity contribution is 5.93. The van der Waals surface area contributed by atoms with Crippen molar-refractivity contribution >= 4 is 17.9 Å². The van der Waals surface area contributed by atoms with E-state index in [1.54, 1.807) is 13.8 Å². The minimum Gasteiger partial charge on any atom is -0.468 e. The van der Waals surface area contributed by atoms with Crippen molar-refractivity contribution in [2.45, 2.75) is 73.1 Å². The van der Waals surface area contributed by atoms with E-state index in [0.29, 0.717) is 48.5 Å². The Bertz CT molecular complexity index is 929. The summed E-state index contributed by atoms with van der Waals surface area (Å²) < 4.78 is 15.7. The molecule has 0 bridgehead atoms. The van der Waals surface area contributed by atoms with Crippen LogP contribution < -0.4 is 0 Å². The first-order valence-corrected chi connectivity index (χ1v) is 11.7. The average Bonchev–Trinajstić information content (AvgIpc) is 3.37. The van der Waals surface area contributed by atoms with Crippen molar-refractivity contribution in [3.05, 3.63) is 45.0 Å². The molecule has 2 N–H and O–H groups in total. The molecule has 0 unspecified atom stereocenters. The molecule has 33 heavy (non-hydrogen) atoms. The van der Waals surface area contributed by atoms with E-state index in [0.717, 1.165) is 22.3 Å². The number of rotatable bonds is 11. The molecule has 2 rings (SSSR count). The van der Waals surface area contributed by atoms with Gasteiger partial charge in [0, 0.05) is 11.4 Å². The predicted molar refractivity (Wildman–Crippen MR) is 125 cm³/mol. The highest BCUT2D eigenvalue weighted by Crippen LogP contribution is 2.36. The zero-order valence-electron chi connectivity index (χ0n) is 20.8. The number of carbonyl (C=O) groups excluding carboxylic acids is 3. The summed E-state index contributed by atoms with van der Waals surface area (Å²) in [5.74, 6) is -2.26. The maximum atomic E-state index is 13.2. The monoisotopic (exact) mass is 460 g/mol. The van der Waals surface area contributed by atoms with Crippen molar-refractivity contribution in [3.63, 3.8) is 0 Å². The van der Waals surface area contributed by atoms with Gasteiger partial charge in [-0.1, -0.05) is 27.7 Å². The number of ether oxygens (including phenoxy) is 3. The molecular formula is C25H36N2O6. The van der Waals surface area contributed by atoms with Crippen LogP contribution in [-0.2, 0) is 44.7 Å². The highest BCUT2D eigenvalue weighted by Gasteiger charge is 2.36. The van der Waals surface area contributed by atoms with Crippen molar-refractivity contribution in [2.75, 3.05) is 20.3 Å². The van der Waals surface area contributed by atoms with Gasteiger partial charge >= 0.3 is 17.9 Å². The van der Waals surface area contributed by atoms with E-state index in [-0.39, 0.29) is 13.2 Å². The second kappa shape index (κ2) is 11.7. The van der Waals surface area contributed by atoms with E-state index < -0.39 is 23.8 Å². The van der Waals surface area contributed by atoms with Crippen LogP contribution in [0.2, 0.25) is 0 Å². The van der Waals surface area contributed by atoms with Crippen molar-refractivity contribution in [1.82, 2.24) is 9.97 Å². The van der Waals surface area contributed by atoms with Gasteiger partial charge in [-0.25, -0.2) is 9.59 Å². The Labute approximate surface area is 195 Å². The molecule has 0 radical (unpaired) electrons. The molecule has 0 spiro atoms. The van der Waals surface area contributed by atoms with Crippen LogP contribution in [-0.4, -0.2) is 48.2 Å². The summed E-state index contributed by atoms with van der Waals surface area (Å²) in [4.78, 5) is 44.9. The number of nitrogens with one attached hydrogen (secondary N) is 2. The van der Waals surface area contributed by atoms with Gasteiger partial charge in [0.05, 0.1) is 20.3 Å². The van der Waals surface area contributed by atoms with Crippen LogP contribution in [0.1, 0.15) is 102 Å². The van der Waals surface area contributed by atoms with E-state index >= 15 is 0 Å². The Kier molecular flexibility index (Phi) is 9.32. The topological polar surface area (TPSA) is 110 Å². The standard InChI is InChI=1S/C25H36N2O6/c1-8-14-16(10-3)21(24(29)32-12-5)26-19(14)18(23(28)31-7)20-15(9-2)17(11-4)22(27-20)25(30)33-13-6/h18,26-27H,8-13H2,1-7H3. The van der Waals surface area contributed by atoms with Gasteiger partial charge < -0.3 is 24.2 Å². The molecule has 2 heterocycles. The third-order valence-electron chi connectivity index (χ3n) is 5.89. The molecule has 0 aliphatic rings. The van der Waals surface area contributed by atoms with Crippen LogP contribution in [0.3, 0.4) is 0 Å². The molecule has 2 aromatic rings. The normalized spacial score (nSPS) is 11.0. The molecule has 0 aliphatic carbocycles. The molecule has 8 nitrogen and oxygen atoms in total. The van der Waals surface area contributed by atoms with E-state index in [4.69, 9.17) is 14.2 Å². The molecular weight excluding hydrogens is 424 g/mol. The van der Waals surface area contributed by atoms with Crippen molar-refractivity contribution < 1.29 is 28.6 Å². The quantitative estimate of drug-likeness (QED) is 0.383. The van der Waals surface area contributed by atoms with Crippen molar-refractivity contribution in [2.24, 2.45) is 0 Å². The Morgan fingerprint density at radius 2 is 1.03 bits per heavy atom. The van der Waals surface area contributed by atoms with E-state index in [2.05, 4.69) is 9.97 Å². The van der Waals surface area contributed by atoms with Crippen LogP contribution in [0.25, 0.3) is 0 Å². The molecule has 0 atom stereocenters. The Hall–Kier alpha value is -3.03. The van der Waals surface area contributed by atoms with E-state index in [1.807, 2.05) is 27.7 Å². The number of H-pyrrole nitrogens is 2. The minimum absolute atomic E-state index is 0.248. The van der Waals surface area contributed by atoms with Crippen LogP contribution in [0.15, 0.2) is 0 Å². The Morgan fingerprint density at radius 3 is 1.30 bits per heavy atom. The van der Waals surface area contributed by atoms with Crippen molar-refractivity contribution in [3.8, 4) is 0 Å². The van der Waals surface area contributed by atoms with Gasteiger partial charge in [0.2, 0.25) is 0 Å². The molecule has 0 aromatic carbocycles. The molecule has 8 heteroatoms. The van der Waals surface area contributed by atoms with Crippen molar-refractivity contribution in [1.29, 1.82) is 0 Å². The van der Waals surface area contributed by atoms with Crippen LogP contribution in [0.5, 0.6) is 0 Å². The van der Waals surface area contributed by atoms with Crippen LogP contribution >= 0.6 is 0 Å². The lowest BCUT2D eigenvalue weighted by Gasteiger charge is -2.17. The lowest BCUT2D eigenvalue weighted by molar-refractivity contribution is -0.141. The maximum absolute atomic E-state index is 13.2. The summed E-state index contributed by atoms with van der Waals surface area (Å²) in [5, 5.41) is 0. The zero-order valence-corrected chi connectivity index (χ0v) is 20.8. The largest absolute Gasteiger partial charge is 0.468 e. The second-order valence-corrected chi connectivity index (χ2v) is 7.55. The third-order valence-corrected chi connectivity index (χ3v) is 5.89. The van der Waals surface area contributed by atoms with E-state index in [1.165, 1.54) is 7.11 Å². The smallest absolute Gasteiger partial charge is 0.355 e. The Morgan fingerprint density at radius 1 is 0.667 bits per heavy atom. The van der Waals surface area contributed by atoms with Gasteiger partial charge in [-0.3, -0.25) is 4.79 Å². The SMILES string of the molecule is CCOC(=O)c1[nH]c(C(C(=O)OC)c2[nH]c(C(=O)OCC)c(CC)c2CC)c(CC)c1CC. The lowest BCUT2D eigenvalue weighted by atomic mass is 9.90. The van der Waals surface area contributed by atoms with Crippen LogP contribution in [0, 0.1) is 0 Å². The van der Waals surface area contributed by atoms with Gasteiger partial charge in [-0.2, -0.15) is 0 Å². The summed E-state index contributed by atoms with van der Waals surface area (Å²) in [7, 11) is 1.33. The highest BCUT2D eigenvalue weighted by atomic mass is 16.5. The molecule has 182 valence electrons. The van der Waals surface area contributed by atoms with Gasteiger partial charge in [0.1, 0.15) is 17.3 Å². The minimum atomic E-state index is -0.859. The lowest BCUT2D eigenvalue weighted by Crippen LogP contribution is -2.20. The fourth-order valence-corrected chi connectivity index (χ4v) is 4.53. The first kappa shape index (κ1) is 26.2. The summed E-state index contributed by atoms with van der Waals surface area (Å²) in [5.41, 5.74) is 5.27. The summed E-state index contributed by atoms with van der Waals surface area (Å²) >= 11 is 0. The van der Waals surface area contributed by atoms with Gasteiger partial charge in [-0.15, -0.1) is 0 Å². The number of aromatic nitrogens is 2. The zero-order chi connectivity index (χ0) is 24.7. The number of hydrogen-bond acceptors (Lipinski definition) is 6. The summed E-state index contributed by atoms with van der Waals surface area (Å²) in [6.45, 7) is 11.9.